The van der Waals surface area contributed by atoms with Crippen LogP contribution in [0.1, 0.15) is 45.0 Å². The molecule has 0 heterocycles. The van der Waals surface area contributed by atoms with Crippen molar-refractivity contribution < 1.29 is 0 Å². The van der Waals surface area contributed by atoms with E-state index >= 15 is 0 Å². The molecule has 134 valence electrons. The minimum absolute atomic E-state index is 0.104. The second kappa shape index (κ2) is 7.44. The topological polar surface area (TPSA) is 0 Å². The first-order valence-electron chi connectivity index (χ1n) is 10.1. The van der Waals surface area contributed by atoms with Gasteiger partial charge >= 0.3 is 0 Å². The van der Waals surface area contributed by atoms with E-state index in [-0.39, 0.29) is 11.6 Å². The fraction of sp³-hybridized carbons (Fsp3) is 0.111. The Hall–Kier alpha value is -2.99. The molecule has 0 spiro atoms. The fourth-order valence-corrected chi connectivity index (χ4v) is 4.34. The highest BCUT2D eigenvalue weighted by Gasteiger charge is 2.21. The number of benzene rings is 4. The number of fused-ring (bicyclic) bond motifs is 3. The predicted octanol–water partition coefficient (Wildman–Crippen LogP) is 5.77. The van der Waals surface area contributed by atoms with Crippen LogP contribution < -0.4 is 0 Å². The normalized spacial score (nSPS) is 14.1. The van der Waals surface area contributed by atoms with Crippen LogP contribution in [0.25, 0.3) is 11.1 Å². The van der Waals surface area contributed by atoms with E-state index in [0.717, 1.165) is 28.7 Å². The summed E-state index contributed by atoms with van der Waals surface area (Å²) in [6.07, 6.45) is 0.926. The van der Waals surface area contributed by atoms with Crippen molar-refractivity contribution in [2.75, 3.05) is 0 Å². The lowest BCUT2D eigenvalue weighted by Crippen LogP contribution is -2.01. The van der Waals surface area contributed by atoms with Crippen LogP contribution in [0.15, 0.2) is 97.1 Å². The second-order valence-electron chi connectivity index (χ2n) is 7.79. The Bertz CT molecular complexity index is 1060. The van der Waals surface area contributed by atoms with Gasteiger partial charge in [-0.3, -0.25) is 0 Å². The molecule has 0 aromatic heterocycles. The molecule has 5 rings (SSSR count). The van der Waals surface area contributed by atoms with Gasteiger partial charge in [0.1, 0.15) is 0 Å². The summed E-state index contributed by atoms with van der Waals surface area (Å²) >= 11 is 0. The molecule has 0 amide bonds. The van der Waals surface area contributed by atoms with Crippen molar-refractivity contribution in [2.24, 2.45) is 0 Å². The van der Waals surface area contributed by atoms with Gasteiger partial charge in [0.2, 0.25) is 0 Å². The van der Waals surface area contributed by atoms with Gasteiger partial charge in [0, 0.05) is 0 Å². The highest BCUT2D eigenvalue weighted by atomic mass is 14.2. The summed E-state index contributed by atoms with van der Waals surface area (Å²) in [5.41, 5.74) is 9.89. The highest BCUT2D eigenvalue weighted by molar-refractivity contribution is 6.15. The third-order valence-electron chi connectivity index (χ3n) is 5.97. The Balaban J connectivity index is 1.45. The number of hydrogen-bond donors (Lipinski definition) is 0. The second-order valence-corrected chi connectivity index (χ2v) is 7.79. The Labute approximate surface area is 175 Å². The van der Waals surface area contributed by atoms with Gasteiger partial charge in [-0.05, 0) is 62.6 Å². The largest absolute Gasteiger partial charge is 0.0828 e. The van der Waals surface area contributed by atoms with E-state index < -0.39 is 0 Å². The first-order chi connectivity index (χ1) is 14.2. The molecule has 0 N–H and O–H groups in total. The van der Waals surface area contributed by atoms with Crippen LogP contribution in [0.2, 0.25) is 0 Å². The molecule has 0 saturated heterocycles. The molecular weight excluding hydrogens is 346 g/mol. The summed E-state index contributed by atoms with van der Waals surface area (Å²) in [7, 11) is 13.1. The van der Waals surface area contributed by atoms with Gasteiger partial charge in [-0.1, -0.05) is 97.1 Å². The minimum Gasteiger partial charge on any atom is -0.0622 e. The van der Waals surface area contributed by atoms with Crippen molar-refractivity contribution in [1.29, 1.82) is 0 Å². The summed E-state index contributed by atoms with van der Waals surface area (Å²) in [6, 6.07) is 33.8. The lowest BCUT2D eigenvalue weighted by atomic mass is 9.75. The van der Waals surface area contributed by atoms with E-state index in [1.807, 2.05) is 36.4 Å². The van der Waals surface area contributed by atoms with Crippen molar-refractivity contribution in [3.8, 4) is 11.1 Å². The molecule has 0 fully saturated rings. The Kier molecular flexibility index (Phi) is 4.64. The number of hydrogen-bond acceptors (Lipinski definition) is 0. The summed E-state index contributed by atoms with van der Waals surface area (Å²) in [6.45, 7) is 0. The van der Waals surface area contributed by atoms with E-state index in [1.54, 1.807) is 0 Å². The average molecular weight is 366 g/mol. The van der Waals surface area contributed by atoms with Crippen molar-refractivity contribution in [1.82, 2.24) is 0 Å². The van der Waals surface area contributed by atoms with Crippen LogP contribution in [-0.2, 0) is 6.42 Å². The average Bonchev–Trinajstić information content (AvgIpc) is 3.16. The molecule has 4 radical (unpaired) electrons. The first-order valence-corrected chi connectivity index (χ1v) is 10.1. The first kappa shape index (κ1) is 18.1. The van der Waals surface area contributed by atoms with E-state index in [1.165, 1.54) is 22.3 Å². The molecule has 1 aliphatic carbocycles. The van der Waals surface area contributed by atoms with Crippen molar-refractivity contribution >= 4 is 15.7 Å². The van der Waals surface area contributed by atoms with Crippen molar-refractivity contribution in [2.45, 2.75) is 18.1 Å². The van der Waals surface area contributed by atoms with E-state index in [0.29, 0.717) is 0 Å². The molecule has 0 bridgehead atoms. The van der Waals surface area contributed by atoms with Crippen LogP contribution in [0.4, 0.5) is 0 Å². The molecule has 29 heavy (non-hydrogen) atoms. The van der Waals surface area contributed by atoms with Gasteiger partial charge in [-0.25, -0.2) is 0 Å². The Morgan fingerprint density at radius 2 is 0.897 bits per heavy atom. The van der Waals surface area contributed by atoms with Gasteiger partial charge < -0.3 is 0 Å². The quantitative estimate of drug-likeness (QED) is 0.354. The molecule has 0 saturated carbocycles. The minimum atomic E-state index is -0.104. The van der Waals surface area contributed by atoms with Crippen molar-refractivity contribution in [3.63, 3.8) is 0 Å². The van der Waals surface area contributed by atoms with Crippen LogP contribution in [0.5, 0.6) is 0 Å². The van der Waals surface area contributed by atoms with Crippen LogP contribution >= 0.6 is 0 Å². The van der Waals surface area contributed by atoms with Crippen LogP contribution in [0.3, 0.4) is 0 Å². The fourth-order valence-electron chi connectivity index (χ4n) is 4.34. The summed E-state index contributed by atoms with van der Waals surface area (Å²) in [5, 5.41) is 0. The van der Waals surface area contributed by atoms with E-state index in [2.05, 4.69) is 60.7 Å². The molecule has 2 unspecified atom stereocenters. The zero-order chi connectivity index (χ0) is 19.8. The van der Waals surface area contributed by atoms with Crippen LogP contribution in [-0.4, -0.2) is 15.7 Å². The molecule has 2 heteroatoms. The molecule has 2 atom stereocenters. The third kappa shape index (κ3) is 3.34. The summed E-state index contributed by atoms with van der Waals surface area (Å²) in [5.74, 6) is -0.209. The van der Waals surface area contributed by atoms with E-state index in [9.17, 15) is 0 Å². The molecule has 1 aliphatic rings. The molecule has 4 aromatic rings. The van der Waals surface area contributed by atoms with Crippen molar-refractivity contribution in [3.05, 3.63) is 130 Å². The Morgan fingerprint density at radius 3 is 1.31 bits per heavy atom. The maximum atomic E-state index is 6.53. The van der Waals surface area contributed by atoms with Gasteiger partial charge in [0.15, 0.2) is 0 Å². The summed E-state index contributed by atoms with van der Waals surface area (Å²) in [4.78, 5) is 0. The van der Waals surface area contributed by atoms with Gasteiger partial charge in [-0.15, -0.1) is 0 Å². The molecule has 0 nitrogen and oxygen atoms in total. The monoisotopic (exact) mass is 366 g/mol. The highest BCUT2D eigenvalue weighted by Crippen LogP contribution is 2.40. The predicted molar refractivity (Wildman–Crippen MR) is 123 cm³/mol. The number of rotatable bonds is 4. The lowest BCUT2D eigenvalue weighted by molar-refractivity contribution is 1.11. The van der Waals surface area contributed by atoms with Gasteiger partial charge in [-0.2, -0.15) is 0 Å². The smallest absolute Gasteiger partial charge is 0.0622 e. The SMILES string of the molecule is [B]C(c1ccccc1)c1ccc2c(c1)Cc1cc(C([B])c3ccccc3)ccc1-2. The zero-order valence-corrected chi connectivity index (χ0v) is 16.3. The molecule has 4 aromatic carbocycles. The summed E-state index contributed by atoms with van der Waals surface area (Å²) < 4.78 is 0. The molecule has 0 aliphatic heterocycles. The van der Waals surface area contributed by atoms with Gasteiger partial charge in [0.05, 0.1) is 15.7 Å². The standard InChI is InChI=1S/C27H20B2/c28-26(18-7-3-1-4-8-18)20-11-13-24-22(15-20)17-23-16-21(12-14-25(23)24)27(29)19-9-5-2-6-10-19/h1-16,26-27H,17H2. The molecular formula is C27H20B2. The van der Waals surface area contributed by atoms with Crippen LogP contribution in [0, 0.1) is 0 Å². The third-order valence-corrected chi connectivity index (χ3v) is 5.97. The maximum absolute atomic E-state index is 6.53. The Morgan fingerprint density at radius 1 is 0.483 bits per heavy atom. The lowest BCUT2D eigenvalue weighted by Gasteiger charge is -2.15. The van der Waals surface area contributed by atoms with Gasteiger partial charge in [0.25, 0.3) is 0 Å². The maximum Gasteiger partial charge on any atom is 0.0828 e. The van der Waals surface area contributed by atoms with E-state index in [4.69, 9.17) is 15.7 Å². The zero-order valence-electron chi connectivity index (χ0n) is 16.3.